The van der Waals surface area contributed by atoms with Crippen molar-refractivity contribution >= 4 is 27.8 Å². The first-order valence-electron chi connectivity index (χ1n) is 13.7. The third-order valence-corrected chi connectivity index (χ3v) is 7.72. The summed E-state index contributed by atoms with van der Waals surface area (Å²) in [7, 11) is 0. The number of carbonyl (C=O) groups excluding carboxylic acids is 1. The molecule has 1 heterocycles. The maximum absolute atomic E-state index is 13.6. The van der Waals surface area contributed by atoms with Gasteiger partial charge in [0, 0.05) is 29.5 Å². The van der Waals surface area contributed by atoms with Gasteiger partial charge in [0.1, 0.15) is 12.3 Å². The topological polar surface area (TPSA) is 70.1 Å². The number of carboxylic acids is 1. The van der Waals surface area contributed by atoms with Gasteiger partial charge < -0.3 is 14.7 Å². The van der Waals surface area contributed by atoms with Crippen LogP contribution in [0.25, 0.3) is 0 Å². The number of benzene rings is 3. The number of hydrogen-bond donors (Lipinski definition) is 1. The smallest absolute Gasteiger partial charge is 0.323 e. The van der Waals surface area contributed by atoms with E-state index in [4.69, 9.17) is 4.74 Å². The van der Waals surface area contributed by atoms with Crippen molar-refractivity contribution in [3.8, 4) is 5.75 Å². The standard InChI is InChI=1S/C32H37BrN2O4/c1-2-15-34-16-6-3-7-17-39-30-14-13-26(20-28(30)19-24-9-8-10-25(18-24)21-34)32(38)35(23-31(36)37)22-27-11-4-5-12-29(27)33/h4-5,8-14,18,20H,2-3,6-7,15-17,19,21-23H2,1H3,(H,36,37). The van der Waals surface area contributed by atoms with Gasteiger partial charge in [-0.15, -0.1) is 0 Å². The van der Waals surface area contributed by atoms with Crippen LogP contribution in [-0.4, -0.2) is 53.0 Å². The Labute approximate surface area is 239 Å². The van der Waals surface area contributed by atoms with Crippen molar-refractivity contribution in [3.63, 3.8) is 0 Å². The first kappa shape index (κ1) is 28.8. The summed E-state index contributed by atoms with van der Waals surface area (Å²) in [5, 5.41) is 9.54. The van der Waals surface area contributed by atoms with E-state index in [-0.39, 0.29) is 19.0 Å². The minimum absolute atomic E-state index is 0.191. The Morgan fingerprint density at radius 2 is 1.82 bits per heavy atom. The summed E-state index contributed by atoms with van der Waals surface area (Å²) in [4.78, 5) is 29.2. The summed E-state index contributed by atoms with van der Waals surface area (Å²) >= 11 is 3.51. The van der Waals surface area contributed by atoms with Crippen molar-refractivity contribution in [3.05, 3.63) is 99.0 Å². The molecule has 3 aromatic carbocycles. The predicted octanol–water partition coefficient (Wildman–Crippen LogP) is 6.54. The average Bonchev–Trinajstić information content (AvgIpc) is 2.91. The number of carboxylic acid groups (broad SMARTS) is 1. The van der Waals surface area contributed by atoms with Crippen molar-refractivity contribution in [2.45, 2.75) is 52.1 Å². The molecule has 1 aliphatic rings. The Balaban J connectivity index is 1.63. The molecule has 0 fully saturated rings. The van der Waals surface area contributed by atoms with E-state index in [9.17, 15) is 14.7 Å². The van der Waals surface area contributed by atoms with Crippen molar-refractivity contribution in [1.82, 2.24) is 9.80 Å². The molecule has 6 nitrogen and oxygen atoms in total. The third kappa shape index (κ3) is 8.41. The monoisotopic (exact) mass is 592 g/mol. The van der Waals surface area contributed by atoms with Gasteiger partial charge in [0.2, 0.25) is 0 Å². The molecule has 2 bridgehead atoms. The Morgan fingerprint density at radius 1 is 1.00 bits per heavy atom. The number of hydrogen-bond acceptors (Lipinski definition) is 4. The van der Waals surface area contributed by atoms with Crippen LogP contribution in [0.15, 0.2) is 71.2 Å². The second kappa shape index (κ2) is 14.3. The van der Waals surface area contributed by atoms with E-state index < -0.39 is 5.97 Å². The fourth-order valence-corrected chi connectivity index (χ4v) is 5.48. The Hall–Kier alpha value is -3.16. The van der Waals surface area contributed by atoms with Crippen molar-refractivity contribution in [2.75, 3.05) is 26.2 Å². The molecule has 0 aliphatic carbocycles. The Morgan fingerprint density at radius 3 is 2.62 bits per heavy atom. The maximum Gasteiger partial charge on any atom is 0.323 e. The SMILES string of the molecule is CCCN1CCCCCOc2ccc(C(=O)N(CC(=O)O)Cc3ccccc3Br)cc2Cc2cccc(c2)C1. The molecular weight excluding hydrogens is 556 g/mol. The maximum atomic E-state index is 13.6. The van der Waals surface area contributed by atoms with E-state index in [0.29, 0.717) is 18.6 Å². The van der Waals surface area contributed by atoms with Gasteiger partial charge in [0.15, 0.2) is 0 Å². The lowest BCUT2D eigenvalue weighted by Gasteiger charge is -2.23. The zero-order valence-electron chi connectivity index (χ0n) is 22.6. The lowest BCUT2D eigenvalue weighted by molar-refractivity contribution is -0.137. The highest BCUT2D eigenvalue weighted by Gasteiger charge is 2.21. The van der Waals surface area contributed by atoms with Crippen LogP contribution < -0.4 is 4.74 Å². The van der Waals surface area contributed by atoms with Crippen LogP contribution in [0.3, 0.4) is 0 Å². The number of amides is 1. The highest BCUT2D eigenvalue weighted by Crippen LogP contribution is 2.27. The first-order valence-corrected chi connectivity index (χ1v) is 14.5. The Kier molecular flexibility index (Phi) is 10.6. The molecule has 0 saturated heterocycles. The van der Waals surface area contributed by atoms with Gasteiger partial charge in [-0.2, -0.15) is 0 Å². The fourth-order valence-electron chi connectivity index (χ4n) is 5.07. The van der Waals surface area contributed by atoms with Crippen LogP contribution in [-0.2, 0) is 24.3 Å². The minimum atomic E-state index is -1.05. The lowest BCUT2D eigenvalue weighted by atomic mass is 9.99. The van der Waals surface area contributed by atoms with Gasteiger partial charge in [-0.3, -0.25) is 14.5 Å². The number of carbonyl (C=O) groups is 2. The van der Waals surface area contributed by atoms with Gasteiger partial charge in [-0.25, -0.2) is 0 Å². The summed E-state index contributed by atoms with van der Waals surface area (Å²) in [5.41, 5.74) is 4.68. The van der Waals surface area contributed by atoms with E-state index in [1.807, 2.05) is 36.4 Å². The second-order valence-corrected chi connectivity index (χ2v) is 11.0. The van der Waals surface area contributed by atoms with Crippen LogP contribution in [0.1, 0.15) is 65.2 Å². The quantitative estimate of drug-likeness (QED) is 0.337. The molecular formula is C32H37BrN2O4. The molecule has 1 amide bonds. The summed E-state index contributed by atoms with van der Waals surface area (Å²) < 4.78 is 7.05. The molecule has 0 aromatic heterocycles. The summed E-state index contributed by atoms with van der Waals surface area (Å²) in [6.07, 6.45) is 4.98. The minimum Gasteiger partial charge on any atom is -0.493 e. The second-order valence-electron chi connectivity index (χ2n) is 10.2. The molecule has 7 heteroatoms. The molecule has 4 rings (SSSR count). The number of rotatable bonds is 7. The van der Waals surface area contributed by atoms with Crippen LogP contribution in [0.2, 0.25) is 0 Å². The molecule has 0 radical (unpaired) electrons. The number of halogens is 1. The van der Waals surface area contributed by atoms with E-state index in [0.717, 1.165) is 72.2 Å². The van der Waals surface area contributed by atoms with Crippen LogP contribution in [0, 0.1) is 0 Å². The van der Waals surface area contributed by atoms with Crippen LogP contribution in [0.5, 0.6) is 5.75 Å². The van der Waals surface area contributed by atoms with Gasteiger partial charge in [-0.05, 0) is 85.3 Å². The van der Waals surface area contributed by atoms with Crippen molar-refractivity contribution < 1.29 is 19.4 Å². The first-order chi connectivity index (χ1) is 18.9. The molecule has 0 unspecified atom stereocenters. The molecule has 1 N–H and O–H groups in total. The normalized spacial score (nSPS) is 14.5. The zero-order valence-corrected chi connectivity index (χ0v) is 24.2. The van der Waals surface area contributed by atoms with Crippen molar-refractivity contribution in [2.24, 2.45) is 0 Å². The highest BCUT2D eigenvalue weighted by atomic mass is 79.9. The van der Waals surface area contributed by atoms with E-state index >= 15 is 0 Å². The molecule has 39 heavy (non-hydrogen) atoms. The molecule has 3 aromatic rings. The summed E-state index contributed by atoms with van der Waals surface area (Å²) in [6, 6.07) is 21.7. The third-order valence-electron chi connectivity index (χ3n) is 6.95. The van der Waals surface area contributed by atoms with E-state index in [1.54, 1.807) is 6.07 Å². The Bertz CT molecular complexity index is 1280. The molecule has 0 spiro atoms. The highest BCUT2D eigenvalue weighted by molar-refractivity contribution is 9.10. The van der Waals surface area contributed by atoms with Crippen LogP contribution in [0.4, 0.5) is 0 Å². The lowest BCUT2D eigenvalue weighted by Crippen LogP contribution is -2.35. The van der Waals surface area contributed by atoms with Gasteiger partial charge in [0.25, 0.3) is 5.91 Å². The van der Waals surface area contributed by atoms with Gasteiger partial charge in [-0.1, -0.05) is 65.3 Å². The number of fused-ring (bicyclic) bond motifs is 3. The number of nitrogens with zero attached hydrogens (tertiary/aromatic N) is 2. The zero-order chi connectivity index (χ0) is 27.6. The summed E-state index contributed by atoms with van der Waals surface area (Å²) in [6.45, 7) is 5.76. The fraction of sp³-hybridized carbons (Fsp3) is 0.375. The number of ether oxygens (including phenoxy) is 1. The average molecular weight is 594 g/mol. The summed E-state index contributed by atoms with van der Waals surface area (Å²) in [5.74, 6) is -0.595. The molecule has 0 atom stereocenters. The van der Waals surface area contributed by atoms with Gasteiger partial charge in [0.05, 0.1) is 6.61 Å². The van der Waals surface area contributed by atoms with E-state index in [2.05, 4.69) is 52.0 Å². The predicted molar refractivity (Wildman–Crippen MR) is 157 cm³/mol. The molecule has 206 valence electrons. The van der Waals surface area contributed by atoms with E-state index in [1.165, 1.54) is 10.5 Å². The number of aliphatic carboxylic acids is 1. The molecule has 1 aliphatic heterocycles. The van der Waals surface area contributed by atoms with Crippen molar-refractivity contribution in [1.29, 1.82) is 0 Å². The molecule has 0 saturated carbocycles. The van der Waals surface area contributed by atoms with Crippen LogP contribution >= 0.6 is 15.9 Å². The largest absolute Gasteiger partial charge is 0.493 e. The van der Waals surface area contributed by atoms with Gasteiger partial charge >= 0.3 is 5.97 Å².